The Labute approximate surface area is 122 Å². The van der Waals surface area contributed by atoms with E-state index >= 15 is 0 Å². The highest BCUT2D eigenvalue weighted by molar-refractivity contribution is 5.31. The summed E-state index contributed by atoms with van der Waals surface area (Å²) in [6.45, 7) is 8.75. The first kappa shape index (κ1) is 14.8. The van der Waals surface area contributed by atoms with Crippen molar-refractivity contribution in [1.82, 2.24) is 0 Å². The average molecular weight is 267 g/mol. The summed E-state index contributed by atoms with van der Waals surface area (Å²) in [7, 11) is 0. The van der Waals surface area contributed by atoms with Crippen molar-refractivity contribution in [1.29, 1.82) is 0 Å². The van der Waals surface area contributed by atoms with E-state index in [1.165, 1.54) is 22.3 Å². The van der Waals surface area contributed by atoms with E-state index in [2.05, 4.69) is 76.2 Å². The fourth-order valence-corrected chi connectivity index (χ4v) is 2.78. The van der Waals surface area contributed by atoms with Crippen molar-refractivity contribution in [3.63, 3.8) is 0 Å². The zero-order chi connectivity index (χ0) is 14.8. The van der Waals surface area contributed by atoms with Crippen LogP contribution in [0.1, 0.15) is 36.1 Å². The molecule has 0 aliphatic heterocycles. The molecule has 2 aromatic carbocycles. The largest absolute Gasteiger partial charge is 0.327 e. The van der Waals surface area contributed by atoms with Crippen LogP contribution in [0.4, 0.5) is 0 Å². The standard InChI is InChI=1S/C19H25N/c1-14-10-15(2)12-16(11-14)13-18(20)19(3,4)17-8-6-5-7-9-17/h5-12,18H,13,20H2,1-4H3. The molecule has 0 radical (unpaired) electrons. The van der Waals surface area contributed by atoms with Gasteiger partial charge in [0, 0.05) is 11.5 Å². The van der Waals surface area contributed by atoms with Crippen LogP contribution in [0.25, 0.3) is 0 Å². The number of hydrogen-bond acceptors (Lipinski definition) is 1. The molecule has 1 unspecified atom stereocenters. The molecule has 0 aliphatic rings. The predicted octanol–water partition coefficient (Wildman–Crippen LogP) is 4.15. The number of benzene rings is 2. The fourth-order valence-electron chi connectivity index (χ4n) is 2.78. The lowest BCUT2D eigenvalue weighted by Crippen LogP contribution is -2.42. The van der Waals surface area contributed by atoms with Crippen molar-refractivity contribution in [3.8, 4) is 0 Å². The fraction of sp³-hybridized carbons (Fsp3) is 0.368. The molecule has 1 nitrogen and oxygen atoms in total. The molecule has 0 aromatic heterocycles. The van der Waals surface area contributed by atoms with Gasteiger partial charge in [0.05, 0.1) is 0 Å². The van der Waals surface area contributed by atoms with Gasteiger partial charge in [0.2, 0.25) is 0 Å². The summed E-state index contributed by atoms with van der Waals surface area (Å²) in [6.07, 6.45) is 0.907. The van der Waals surface area contributed by atoms with Crippen molar-refractivity contribution in [2.24, 2.45) is 5.73 Å². The van der Waals surface area contributed by atoms with Crippen LogP contribution in [0.5, 0.6) is 0 Å². The minimum atomic E-state index is -0.0289. The zero-order valence-corrected chi connectivity index (χ0v) is 13.0. The molecule has 2 N–H and O–H groups in total. The zero-order valence-electron chi connectivity index (χ0n) is 13.0. The van der Waals surface area contributed by atoms with Gasteiger partial charge in [0.25, 0.3) is 0 Å². The van der Waals surface area contributed by atoms with Gasteiger partial charge in [0.15, 0.2) is 0 Å². The summed E-state index contributed by atoms with van der Waals surface area (Å²) in [4.78, 5) is 0. The van der Waals surface area contributed by atoms with E-state index in [1.54, 1.807) is 0 Å². The molecule has 0 heterocycles. The third-order valence-corrected chi connectivity index (χ3v) is 4.18. The molecular weight excluding hydrogens is 242 g/mol. The first-order chi connectivity index (χ1) is 9.39. The maximum atomic E-state index is 6.52. The molecule has 0 aliphatic carbocycles. The molecule has 2 rings (SSSR count). The molecule has 0 fully saturated rings. The molecule has 0 bridgehead atoms. The quantitative estimate of drug-likeness (QED) is 0.884. The number of aryl methyl sites for hydroxylation is 2. The number of nitrogens with two attached hydrogens (primary N) is 1. The van der Waals surface area contributed by atoms with Crippen molar-refractivity contribution < 1.29 is 0 Å². The van der Waals surface area contributed by atoms with Crippen LogP contribution in [0, 0.1) is 13.8 Å². The minimum Gasteiger partial charge on any atom is -0.327 e. The lowest BCUT2D eigenvalue weighted by molar-refractivity contribution is 0.406. The first-order valence-electron chi connectivity index (χ1n) is 7.28. The molecule has 0 spiro atoms. The van der Waals surface area contributed by atoms with Gasteiger partial charge < -0.3 is 5.73 Å². The summed E-state index contributed by atoms with van der Waals surface area (Å²) in [5.74, 6) is 0. The van der Waals surface area contributed by atoms with Gasteiger partial charge in [-0.25, -0.2) is 0 Å². The molecule has 2 aromatic rings. The van der Waals surface area contributed by atoms with Crippen LogP contribution in [0.2, 0.25) is 0 Å². The van der Waals surface area contributed by atoms with Crippen molar-refractivity contribution in [2.45, 2.75) is 45.6 Å². The molecule has 0 saturated carbocycles. The van der Waals surface area contributed by atoms with Gasteiger partial charge in [-0.2, -0.15) is 0 Å². The third-order valence-electron chi connectivity index (χ3n) is 4.18. The Morgan fingerprint density at radius 3 is 2.05 bits per heavy atom. The summed E-state index contributed by atoms with van der Waals surface area (Å²) in [6, 6.07) is 17.4. The van der Waals surface area contributed by atoms with E-state index in [9.17, 15) is 0 Å². The monoisotopic (exact) mass is 267 g/mol. The van der Waals surface area contributed by atoms with Crippen LogP contribution >= 0.6 is 0 Å². The minimum absolute atomic E-state index is 0.0289. The van der Waals surface area contributed by atoms with Gasteiger partial charge in [-0.3, -0.25) is 0 Å². The lowest BCUT2D eigenvalue weighted by atomic mass is 9.76. The van der Waals surface area contributed by atoms with Crippen LogP contribution in [-0.2, 0) is 11.8 Å². The Bertz CT molecular complexity index is 549. The van der Waals surface area contributed by atoms with E-state index in [-0.39, 0.29) is 11.5 Å². The molecule has 0 saturated heterocycles. The molecule has 106 valence electrons. The van der Waals surface area contributed by atoms with Crippen LogP contribution < -0.4 is 5.73 Å². The highest BCUT2D eigenvalue weighted by Gasteiger charge is 2.28. The Hall–Kier alpha value is -1.60. The van der Waals surface area contributed by atoms with Crippen molar-refractivity contribution in [2.75, 3.05) is 0 Å². The lowest BCUT2D eigenvalue weighted by Gasteiger charge is -2.32. The second kappa shape index (κ2) is 5.80. The maximum Gasteiger partial charge on any atom is 0.0172 e. The summed E-state index contributed by atoms with van der Waals surface area (Å²) in [5, 5.41) is 0. The maximum absolute atomic E-state index is 6.52. The topological polar surface area (TPSA) is 26.0 Å². The molecular formula is C19H25N. The van der Waals surface area contributed by atoms with E-state index in [4.69, 9.17) is 5.73 Å². The van der Waals surface area contributed by atoms with Crippen molar-refractivity contribution in [3.05, 3.63) is 70.8 Å². The summed E-state index contributed by atoms with van der Waals surface area (Å²) in [5.41, 5.74) is 11.7. The normalized spacial score (nSPS) is 13.2. The number of rotatable bonds is 4. The van der Waals surface area contributed by atoms with Gasteiger partial charge >= 0.3 is 0 Å². The van der Waals surface area contributed by atoms with Crippen LogP contribution in [0.15, 0.2) is 48.5 Å². The Morgan fingerprint density at radius 2 is 1.50 bits per heavy atom. The Kier molecular flexibility index (Phi) is 4.29. The van der Waals surface area contributed by atoms with Crippen molar-refractivity contribution >= 4 is 0 Å². The third kappa shape index (κ3) is 3.29. The second-order valence-corrected chi connectivity index (χ2v) is 6.39. The van der Waals surface area contributed by atoms with E-state index in [0.717, 1.165) is 6.42 Å². The predicted molar refractivity (Wildman–Crippen MR) is 87.1 cm³/mol. The van der Waals surface area contributed by atoms with Crippen LogP contribution in [-0.4, -0.2) is 6.04 Å². The molecule has 0 amide bonds. The Morgan fingerprint density at radius 1 is 0.950 bits per heavy atom. The highest BCUT2D eigenvalue weighted by Crippen LogP contribution is 2.28. The average Bonchev–Trinajstić information content (AvgIpc) is 2.38. The van der Waals surface area contributed by atoms with Gasteiger partial charge in [0.1, 0.15) is 0 Å². The van der Waals surface area contributed by atoms with Gasteiger partial charge in [-0.1, -0.05) is 73.5 Å². The molecule has 1 atom stereocenters. The Balaban J connectivity index is 2.21. The van der Waals surface area contributed by atoms with E-state index < -0.39 is 0 Å². The summed E-state index contributed by atoms with van der Waals surface area (Å²) < 4.78 is 0. The molecule has 20 heavy (non-hydrogen) atoms. The van der Waals surface area contributed by atoms with E-state index in [0.29, 0.717) is 0 Å². The first-order valence-corrected chi connectivity index (χ1v) is 7.28. The van der Waals surface area contributed by atoms with Gasteiger partial charge in [-0.15, -0.1) is 0 Å². The second-order valence-electron chi connectivity index (χ2n) is 6.39. The van der Waals surface area contributed by atoms with E-state index in [1.807, 2.05) is 0 Å². The smallest absolute Gasteiger partial charge is 0.0172 e. The molecule has 1 heteroatoms. The van der Waals surface area contributed by atoms with Crippen LogP contribution in [0.3, 0.4) is 0 Å². The highest BCUT2D eigenvalue weighted by atomic mass is 14.7. The number of hydrogen-bond donors (Lipinski definition) is 1. The van der Waals surface area contributed by atoms with Gasteiger partial charge in [-0.05, 0) is 31.4 Å². The summed E-state index contributed by atoms with van der Waals surface area (Å²) >= 11 is 0. The SMILES string of the molecule is Cc1cc(C)cc(CC(N)C(C)(C)c2ccccc2)c1.